The molecule has 1 unspecified atom stereocenters. The quantitative estimate of drug-likeness (QED) is 0.171. The normalized spacial score (nSPS) is 12.4. The van der Waals surface area contributed by atoms with Gasteiger partial charge >= 0.3 is 5.97 Å². The Kier molecular flexibility index (Phi) is 8.04. The van der Waals surface area contributed by atoms with Crippen LogP contribution in [0.5, 0.6) is 0 Å². The molecule has 0 saturated heterocycles. The summed E-state index contributed by atoms with van der Waals surface area (Å²) < 4.78 is 28.9. The Morgan fingerprint density at radius 3 is 2.35 bits per heavy atom. The third-order valence-corrected chi connectivity index (χ3v) is 7.52. The van der Waals surface area contributed by atoms with Crippen molar-refractivity contribution in [2.45, 2.75) is 37.1 Å². The summed E-state index contributed by atoms with van der Waals surface area (Å²) in [4.78, 5) is 12.1. The van der Waals surface area contributed by atoms with Gasteiger partial charge in [0.2, 0.25) is 0 Å². The molecule has 11 heteroatoms. The summed E-state index contributed by atoms with van der Waals surface area (Å²) in [6.07, 6.45) is 1.09. The van der Waals surface area contributed by atoms with E-state index in [0.717, 1.165) is 4.31 Å². The van der Waals surface area contributed by atoms with Gasteiger partial charge in [-0.2, -0.15) is 0 Å². The van der Waals surface area contributed by atoms with E-state index in [9.17, 15) is 23.5 Å². The van der Waals surface area contributed by atoms with Crippen LogP contribution < -0.4 is 9.79 Å². The van der Waals surface area contributed by atoms with Crippen LogP contribution in [0.15, 0.2) is 59.5 Å². The molecule has 0 aliphatic carbocycles. The lowest BCUT2D eigenvalue weighted by atomic mass is 10.0. The second-order valence-corrected chi connectivity index (χ2v) is 10.3. The average molecular weight is 524 g/mol. The average Bonchev–Trinajstić information content (AvgIpc) is 2.79. The van der Waals surface area contributed by atoms with Crippen molar-refractivity contribution in [2.75, 3.05) is 4.31 Å². The first-order valence-electron chi connectivity index (χ1n) is 10.4. The zero-order valence-electron chi connectivity index (χ0n) is 18.1. The van der Waals surface area contributed by atoms with Gasteiger partial charge in [-0.25, -0.2) is 13.2 Å². The standard InChI is InChI=1S/C23H23Cl2N3O5S/c1-2-3-8-20(23(29)30)28(34(32,33)17-12-15(24)11-16(25)13-17)21-18-7-5-4-6-14(18)9-10-19(21)22(26)27-31/h4-7,9-13,20,31H,2-3,8H2,1H3,(H2,26,27)(H,29,30). The fourth-order valence-corrected chi connectivity index (χ4v) is 6.13. The van der Waals surface area contributed by atoms with Gasteiger partial charge in [-0.3, -0.25) is 20.4 Å². The maximum atomic E-state index is 14.0. The van der Waals surface area contributed by atoms with E-state index in [4.69, 9.17) is 28.6 Å². The summed E-state index contributed by atoms with van der Waals surface area (Å²) in [7, 11) is -4.55. The molecule has 4 N–H and O–H groups in total. The third kappa shape index (κ3) is 5.12. The number of hydrogen-bond acceptors (Lipinski definition) is 5. The highest BCUT2D eigenvalue weighted by atomic mass is 35.5. The van der Waals surface area contributed by atoms with Crippen LogP contribution in [0.4, 0.5) is 5.69 Å². The molecule has 34 heavy (non-hydrogen) atoms. The lowest BCUT2D eigenvalue weighted by molar-refractivity contribution is -0.138. The van der Waals surface area contributed by atoms with E-state index < -0.39 is 27.9 Å². The Morgan fingerprint density at radius 2 is 1.76 bits per heavy atom. The van der Waals surface area contributed by atoms with Crippen LogP contribution in [0.25, 0.3) is 10.8 Å². The topological polar surface area (TPSA) is 131 Å². The van der Waals surface area contributed by atoms with Crippen molar-refractivity contribution in [3.8, 4) is 0 Å². The summed E-state index contributed by atoms with van der Waals surface area (Å²) in [5, 5.41) is 28.9. The molecule has 3 rings (SSSR count). The second-order valence-electron chi connectivity index (χ2n) is 7.57. The number of sulfonamides is 1. The predicted molar refractivity (Wildman–Crippen MR) is 133 cm³/mol. The van der Waals surface area contributed by atoms with Gasteiger partial charge in [0.25, 0.3) is 10.0 Å². The van der Waals surface area contributed by atoms with Gasteiger partial charge in [0.1, 0.15) is 6.04 Å². The smallest absolute Gasteiger partial charge is 0.327 e. The van der Waals surface area contributed by atoms with Crippen molar-refractivity contribution >= 4 is 61.5 Å². The van der Waals surface area contributed by atoms with Crippen molar-refractivity contribution < 1.29 is 23.5 Å². The number of hydroxylamine groups is 1. The van der Waals surface area contributed by atoms with Crippen LogP contribution >= 0.6 is 23.2 Å². The molecule has 180 valence electrons. The predicted octanol–water partition coefficient (Wildman–Crippen LogP) is 5.29. The zero-order valence-corrected chi connectivity index (χ0v) is 20.5. The first kappa shape index (κ1) is 25.8. The van der Waals surface area contributed by atoms with Crippen LogP contribution in [0.1, 0.15) is 31.7 Å². The van der Waals surface area contributed by atoms with E-state index in [0.29, 0.717) is 23.6 Å². The van der Waals surface area contributed by atoms with Crippen molar-refractivity contribution in [3.63, 3.8) is 0 Å². The van der Waals surface area contributed by atoms with Gasteiger partial charge < -0.3 is 5.11 Å². The Hall–Kier alpha value is -2.85. The van der Waals surface area contributed by atoms with E-state index in [2.05, 4.69) is 0 Å². The Balaban J connectivity index is 2.45. The number of nitrogens with zero attached hydrogens (tertiary/aromatic N) is 1. The number of fused-ring (bicyclic) bond motifs is 1. The number of amidine groups is 1. The summed E-state index contributed by atoms with van der Waals surface area (Å²) in [6.45, 7) is 1.86. The largest absolute Gasteiger partial charge is 0.480 e. The van der Waals surface area contributed by atoms with Crippen molar-refractivity contribution in [2.24, 2.45) is 0 Å². The molecular weight excluding hydrogens is 501 g/mol. The van der Waals surface area contributed by atoms with E-state index in [1.54, 1.807) is 35.8 Å². The molecule has 0 amide bonds. The van der Waals surface area contributed by atoms with Gasteiger partial charge in [-0.1, -0.05) is 73.3 Å². The van der Waals surface area contributed by atoms with Gasteiger partial charge in [-0.05, 0) is 36.1 Å². The van der Waals surface area contributed by atoms with Crippen LogP contribution in [0.3, 0.4) is 0 Å². The number of anilines is 1. The van der Waals surface area contributed by atoms with Crippen molar-refractivity contribution in [1.29, 1.82) is 5.41 Å². The number of rotatable bonds is 9. The number of benzene rings is 3. The lowest BCUT2D eigenvalue weighted by Crippen LogP contribution is -2.46. The minimum Gasteiger partial charge on any atom is -0.480 e. The summed E-state index contributed by atoms with van der Waals surface area (Å²) in [5.41, 5.74) is 1.68. The van der Waals surface area contributed by atoms with Crippen LogP contribution in [0, 0.1) is 5.41 Å². The molecule has 0 spiro atoms. The first-order valence-corrected chi connectivity index (χ1v) is 12.6. The molecule has 0 radical (unpaired) electrons. The third-order valence-electron chi connectivity index (χ3n) is 5.29. The number of carboxylic acid groups (broad SMARTS) is 1. The molecule has 1 atom stereocenters. The SMILES string of the molecule is CCCCC(C(=O)O)N(c1c(C(=N)NO)ccc2ccccc12)S(=O)(=O)c1cc(Cl)cc(Cl)c1. The fourth-order valence-electron chi connectivity index (χ4n) is 3.73. The first-order chi connectivity index (χ1) is 16.1. The minimum absolute atomic E-state index is 0.000600. The highest BCUT2D eigenvalue weighted by molar-refractivity contribution is 7.93. The number of carboxylic acids is 1. The number of hydrogen-bond donors (Lipinski definition) is 4. The van der Waals surface area contributed by atoms with Crippen molar-refractivity contribution in [1.82, 2.24) is 5.48 Å². The maximum absolute atomic E-state index is 14.0. The lowest BCUT2D eigenvalue weighted by Gasteiger charge is -2.33. The van der Waals surface area contributed by atoms with E-state index >= 15 is 0 Å². The Bertz CT molecular complexity index is 1330. The molecule has 0 fully saturated rings. The Labute approximate surface area is 207 Å². The van der Waals surface area contributed by atoms with Gasteiger partial charge in [0, 0.05) is 21.0 Å². The summed E-state index contributed by atoms with van der Waals surface area (Å²) >= 11 is 12.1. The number of nitrogens with one attached hydrogen (secondary N) is 2. The zero-order chi connectivity index (χ0) is 25.0. The molecule has 0 bridgehead atoms. The Morgan fingerprint density at radius 1 is 1.12 bits per heavy atom. The van der Waals surface area contributed by atoms with Gasteiger partial charge in [-0.15, -0.1) is 0 Å². The summed E-state index contributed by atoms with van der Waals surface area (Å²) in [6, 6.07) is 12.2. The molecule has 0 heterocycles. The molecule has 0 aliphatic heterocycles. The molecule has 3 aromatic carbocycles. The van der Waals surface area contributed by atoms with E-state index in [1.165, 1.54) is 24.3 Å². The number of halogens is 2. The molecule has 0 aliphatic rings. The number of unbranched alkanes of at least 4 members (excludes halogenated alkanes) is 1. The minimum atomic E-state index is -4.55. The molecular formula is C23H23Cl2N3O5S. The fraction of sp³-hybridized carbons (Fsp3) is 0.217. The number of aliphatic carboxylic acids is 1. The molecule has 8 nitrogen and oxygen atoms in total. The monoisotopic (exact) mass is 523 g/mol. The number of carbonyl (C=O) groups is 1. The highest BCUT2D eigenvalue weighted by Gasteiger charge is 2.39. The highest BCUT2D eigenvalue weighted by Crippen LogP contribution is 2.38. The van der Waals surface area contributed by atoms with Gasteiger partial charge in [0.05, 0.1) is 10.6 Å². The molecule has 0 saturated carbocycles. The van der Waals surface area contributed by atoms with Crippen molar-refractivity contribution in [3.05, 3.63) is 70.2 Å². The van der Waals surface area contributed by atoms with E-state index in [1.807, 2.05) is 6.92 Å². The summed E-state index contributed by atoms with van der Waals surface area (Å²) in [5.74, 6) is -1.85. The van der Waals surface area contributed by atoms with Crippen LogP contribution in [0.2, 0.25) is 10.0 Å². The molecule has 0 aromatic heterocycles. The maximum Gasteiger partial charge on any atom is 0.327 e. The second kappa shape index (κ2) is 10.6. The van der Waals surface area contributed by atoms with Gasteiger partial charge in [0.15, 0.2) is 5.84 Å². The molecule has 3 aromatic rings. The van der Waals surface area contributed by atoms with E-state index in [-0.39, 0.29) is 32.6 Å². The van der Waals surface area contributed by atoms with Crippen LogP contribution in [-0.2, 0) is 14.8 Å². The van der Waals surface area contributed by atoms with Crippen LogP contribution in [-0.4, -0.2) is 36.6 Å².